The van der Waals surface area contributed by atoms with Gasteiger partial charge in [0.15, 0.2) is 0 Å². The molecule has 4 nitrogen and oxygen atoms in total. The summed E-state index contributed by atoms with van der Waals surface area (Å²) in [5, 5.41) is 7.30. The summed E-state index contributed by atoms with van der Waals surface area (Å²) in [6.07, 6.45) is 7.23. The monoisotopic (exact) mass is 290 g/mol. The molecule has 2 saturated heterocycles. The standard InChI is InChI=1S/C17H30N4/c1-14(2)12-20-10-6-16(7-11-20)21-9-3-4-15(13-21)17-5-8-18-19-17/h5,8,14-16H,3-4,6-7,9-13H2,1-2H3,(H,18,19)/t15-/m1/s1. The van der Waals surface area contributed by atoms with Gasteiger partial charge in [0.05, 0.1) is 0 Å². The molecular formula is C17H30N4. The van der Waals surface area contributed by atoms with Crippen LogP contribution in [0.2, 0.25) is 0 Å². The number of hydrogen-bond acceptors (Lipinski definition) is 3. The number of nitrogens with one attached hydrogen (secondary N) is 1. The molecule has 0 aliphatic carbocycles. The first-order valence-electron chi connectivity index (χ1n) is 8.68. The van der Waals surface area contributed by atoms with E-state index in [0.717, 1.165) is 12.0 Å². The molecule has 1 aromatic heterocycles. The maximum Gasteiger partial charge on any atom is 0.0490 e. The summed E-state index contributed by atoms with van der Waals surface area (Å²) in [6, 6.07) is 2.96. The average Bonchev–Trinajstić information content (AvgIpc) is 3.02. The van der Waals surface area contributed by atoms with E-state index >= 15 is 0 Å². The van der Waals surface area contributed by atoms with Crippen molar-refractivity contribution in [1.29, 1.82) is 0 Å². The van der Waals surface area contributed by atoms with Crippen LogP contribution in [0, 0.1) is 5.92 Å². The molecule has 3 heterocycles. The highest BCUT2D eigenvalue weighted by Crippen LogP contribution is 2.29. The third kappa shape index (κ3) is 3.86. The predicted molar refractivity (Wildman–Crippen MR) is 86.4 cm³/mol. The van der Waals surface area contributed by atoms with Gasteiger partial charge in [-0.3, -0.25) is 10.00 Å². The van der Waals surface area contributed by atoms with E-state index in [1.807, 2.05) is 6.20 Å². The normalized spacial score (nSPS) is 26.5. The van der Waals surface area contributed by atoms with Crippen LogP contribution in [-0.2, 0) is 0 Å². The number of piperidine rings is 2. The van der Waals surface area contributed by atoms with E-state index in [0.29, 0.717) is 5.92 Å². The third-order valence-electron chi connectivity index (χ3n) is 5.11. The molecule has 2 aliphatic rings. The minimum atomic E-state index is 0.662. The van der Waals surface area contributed by atoms with Crippen LogP contribution >= 0.6 is 0 Å². The molecule has 3 rings (SSSR count). The lowest BCUT2D eigenvalue weighted by molar-refractivity contribution is 0.0801. The number of likely N-dealkylation sites (tertiary alicyclic amines) is 2. The van der Waals surface area contributed by atoms with Crippen LogP contribution in [0.25, 0.3) is 0 Å². The summed E-state index contributed by atoms with van der Waals surface area (Å²) in [6.45, 7) is 11.0. The van der Waals surface area contributed by atoms with Gasteiger partial charge in [-0.2, -0.15) is 5.10 Å². The fourth-order valence-corrected chi connectivity index (χ4v) is 4.07. The quantitative estimate of drug-likeness (QED) is 0.926. The molecule has 0 spiro atoms. The number of aromatic nitrogens is 2. The van der Waals surface area contributed by atoms with E-state index in [9.17, 15) is 0 Å². The molecule has 118 valence electrons. The lowest BCUT2D eigenvalue weighted by atomic mass is 9.91. The van der Waals surface area contributed by atoms with Gasteiger partial charge in [-0.05, 0) is 57.3 Å². The number of rotatable bonds is 4. The topological polar surface area (TPSA) is 35.2 Å². The largest absolute Gasteiger partial charge is 0.303 e. The van der Waals surface area contributed by atoms with Crippen molar-refractivity contribution >= 4 is 0 Å². The minimum Gasteiger partial charge on any atom is -0.303 e. The highest BCUT2D eigenvalue weighted by molar-refractivity contribution is 5.08. The minimum absolute atomic E-state index is 0.662. The van der Waals surface area contributed by atoms with Gasteiger partial charge in [0.2, 0.25) is 0 Å². The molecule has 0 saturated carbocycles. The lowest BCUT2D eigenvalue weighted by Crippen LogP contribution is -2.48. The Morgan fingerprint density at radius 1 is 1.24 bits per heavy atom. The Morgan fingerprint density at radius 3 is 2.71 bits per heavy atom. The zero-order valence-electron chi connectivity index (χ0n) is 13.6. The molecule has 2 fully saturated rings. The molecule has 2 aliphatic heterocycles. The van der Waals surface area contributed by atoms with E-state index in [1.54, 1.807) is 0 Å². The van der Waals surface area contributed by atoms with Crippen molar-refractivity contribution in [3.63, 3.8) is 0 Å². The summed E-state index contributed by atoms with van der Waals surface area (Å²) in [4.78, 5) is 5.40. The van der Waals surface area contributed by atoms with Crippen LogP contribution in [0.4, 0.5) is 0 Å². The maximum absolute atomic E-state index is 4.12. The van der Waals surface area contributed by atoms with Gasteiger partial charge in [0.25, 0.3) is 0 Å². The molecule has 0 unspecified atom stereocenters. The van der Waals surface area contributed by atoms with E-state index in [1.165, 1.54) is 64.1 Å². The van der Waals surface area contributed by atoms with Crippen LogP contribution in [-0.4, -0.2) is 58.8 Å². The zero-order valence-corrected chi connectivity index (χ0v) is 13.6. The Kier molecular flexibility index (Phi) is 4.96. The Bertz CT molecular complexity index is 406. The van der Waals surface area contributed by atoms with Crippen LogP contribution < -0.4 is 0 Å². The zero-order chi connectivity index (χ0) is 14.7. The van der Waals surface area contributed by atoms with Gasteiger partial charge < -0.3 is 4.90 Å². The van der Waals surface area contributed by atoms with Crippen molar-refractivity contribution in [3.8, 4) is 0 Å². The second-order valence-corrected chi connectivity index (χ2v) is 7.27. The number of H-pyrrole nitrogens is 1. The lowest BCUT2D eigenvalue weighted by Gasteiger charge is -2.42. The fraction of sp³-hybridized carbons (Fsp3) is 0.824. The Hall–Kier alpha value is -0.870. The summed E-state index contributed by atoms with van der Waals surface area (Å²) < 4.78 is 0. The van der Waals surface area contributed by atoms with E-state index in [2.05, 4.69) is 39.9 Å². The molecule has 1 atom stereocenters. The van der Waals surface area contributed by atoms with Crippen LogP contribution in [0.15, 0.2) is 12.3 Å². The van der Waals surface area contributed by atoms with Crippen molar-refractivity contribution in [3.05, 3.63) is 18.0 Å². The molecule has 1 aromatic rings. The Labute approximate surface area is 128 Å². The second kappa shape index (κ2) is 6.93. The first-order chi connectivity index (χ1) is 10.2. The first kappa shape index (κ1) is 15.0. The Balaban J connectivity index is 1.51. The molecular weight excluding hydrogens is 260 g/mol. The second-order valence-electron chi connectivity index (χ2n) is 7.27. The van der Waals surface area contributed by atoms with Gasteiger partial charge in [-0.1, -0.05) is 13.8 Å². The van der Waals surface area contributed by atoms with E-state index in [-0.39, 0.29) is 0 Å². The van der Waals surface area contributed by atoms with Gasteiger partial charge in [0, 0.05) is 36.9 Å². The molecule has 1 N–H and O–H groups in total. The van der Waals surface area contributed by atoms with Gasteiger partial charge in [-0.15, -0.1) is 0 Å². The summed E-state index contributed by atoms with van der Waals surface area (Å²) in [5.74, 6) is 1.45. The molecule has 4 heteroatoms. The molecule has 21 heavy (non-hydrogen) atoms. The van der Waals surface area contributed by atoms with E-state index in [4.69, 9.17) is 0 Å². The molecule has 0 bridgehead atoms. The first-order valence-corrected chi connectivity index (χ1v) is 8.68. The van der Waals surface area contributed by atoms with Crippen LogP contribution in [0.1, 0.15) is 51.1 Å². The average molecular weight is 290 g/mol. The summed E-state index contributed by atoms with van der Waals surface area (Å²) in [7, 11) is 0. The number of aromatic amines is 1. The highest BCUT2D eigenvalue weighted by Gasteiger charge is 2.29. The van der Waals surface area contributed by atoms with Crippen molar-refractivity contribution in [2.75, 3.05) is 32.7 Å². The number of nitrogens with zero attached hydrogens (tertiary/aromatic N) is 3. The van der Waals surface area contributed by atoms with E-state index < -0.39 is 0 Å². The van der Waals surface area contributed by atoms with Crippen molar-refractivity contribution in [2.24, 2.45) is 5.92 Å². The summed E-state index contributed by atoms with van der Waals surface area (Å²) in [5.41, 5.74) is 1.33. The van der Waals surface area contributed by atoms with Gasteiger partial charge in [-0.25, -0.2) is 0 Å². The molecule has 0 radical (unpaired) electrons. The number of hydrogen-bond donors (Lipinski definition) is 1. The maximum atomic E-state index is 4.12. The van der Waals surface area contributed by atoms with Crippen molar-refractivity contribution in [1.82, 2.24) is 20.0 Å². The van der Waals surface area contributed by atoms with Crippen LogP contribution in [0.5, 0.6) is 0 Å². The van der Waals surface area contributed by atoms with Crippen molar-refractivity contribution in [2.45, 2.75) is 51.5 Å². The SMILES string of the molecule is CC(C)CN1CCC(N2CCC[C@@H](c3ccn[nH]3)C2)CC1. The molecule has 0 aromatic carbocycles. The van der Waals surface area contributed by atoms with Crippen molar-refractivity contribution < 1.29 is 0 Å². The molecule has 0 amide bonds. The van der Waals surface area contributed by atoms with Crippen LogP contribution in [0.3, 0.4) is 0 Å². The smallest absolute Gasteiger partial charge is 0.0490 e. The predicted octanol–water partition coefficient (Wildman–Crippen LogP) is 2.71. The van der Waals surface area contributed by atoms with Gasteiger partial charge in [0.1, 0.15) is 0 Å². The Morgan fingerprint density at radius 2 is 2.05 bits per heavy atom. The van der Waals surface area contributed by atoms with Gasteiger partial charge >= 0.3 is 0 Å². The summed E-state index contributed by atoms with van der Waals surface area (Å²) >= 11 is 0. The highest BCUT2D eigenvalue weighted by atomic mass is 15.2. The fourth-order valence-electron chi connectivity index (χ4n) is 4.07. The third-order valence-corrected chi connectivity index (χ3v) is 5.11.